The molecule has 0 aliphatic heterocycles. The first kappa shape index (κ1) is 11.5. The molecule has 1 fully saturated rings. The fourth-order valence-corrected chi connectivity index (χ4v) is 2.01. The number of halogens is 1. The Morgan fingerprint density at radius 1 is 1.56 bits per heavy atom. The Balaban J connectivity index is 2.22. The van der Waals surface area contributed by atoms with Crippen molar-refractivity contribution in [1.29, 1.82) is 0 Å². The summed E-state index contributed by atoms with van der Waals surface area (Å²) in [5.74, 6) is 0.116. The van der Waals surface area contributed by atoms with Gasteiger partial charge in [0, 0.05) is 18.2 Å². The molecular formula is C12H14BrNO2. The van der Waals surface area contributed by atoms with E-state index in [2.05, 4.69) is 15.9 Å². The first-order chi connectivity index (χ1) is 7.63. The summed E-state index contributed by atoms with van der Waals surface area (Å²) in [6.07, 6.45) is 2.20. The molecular weight excluding hydrogens is 270 g/mol. The summed E-state index contributed by atoms with van der Waals surface area (Å²) in [5, 5.41) is 9.54. The highest BCUT2D eigenvalue weighted by molar-refractivity contribution is 9.10. The Kier molecular flexibility index (Phi) is 3.19. The van der Waals surface area contributed by atoms with Gasteiger partial charge in [-0.1, -0.05) is 0 Å². The lowest BCUT2D eigenvalue weighted by Gasteiger charge is -2.20. The van der Waals surface area contributed by atoms with Gasteiger partial charge in [-0.05, 0) is 53.9 Å². The van der Waals surface area contributed by atoms with E-state index in [0.717, 1.165) is 19.4 Å². The van der Waals surface area contributed by atoms with Crippen LogP contribution in [0.4, 0.5) is 0 Å². The van der Waals surface area contributed by atoms with Crippen LogP contribution in [0.25, 0.3) is 0 Å². The molecule has 2 rings (SSSR count). The van der Waals surface area contributed by atoms with Crippen LogP contribution in [0.15, 0.2) is 22.7 Å². The molecule has 1 aliphatic rings. The molecule has 1 N–H and O–H groups in total. The summed E-state index contributed by atoms with van der Waals surface area (Å²) >= 11 is 3.20. The third-order valence-electron chi connectivity index (χ3n) is 2.78. The fraction of sp³-hybridized carbons (Fsp3) is 0.417. The number of benzene rings is 1. The highest BCUT2D eigenvalue weighted by Crippen LogP contribution is 2.30. The van der Waals surface area contributed by atoms with Crippen molar-refractivity contribution in [2.75, 3.05) is 6.54 Å². The summed E-state index contributed by atoms with van der Waals surface area (Å²) in [4.78, 5) is 14.0. The van der Waals surface area contributed by atoms with E-state index in [0.29, 0.717) is 16.1 Å². The van der Waals surface area contributed by atoms with Gasteiger partial charge in [0.05, 0.1) is 4.47 Å². The van der Waals surface area contributed by atoms with Crippen molar-refractivity contribution in [1.82, 2.24) is 4.90 Å². The van der Waals surface area contributed by atoms with Crippen molar-refractivity contribution in [2.45, 2.75) is 25.8 Å². The Morgan fingerprint density at radius 3 is 2.75 bits per heavy atom. The molecule has 16 heavy (non-hydrogen) atoms. The van der Waals surface area contributed by atoms with Crippen LogP contribution in [0.5, 0.6) is 5.75 Å². The monoisotopic (exact) mass is 283 g/mol. The van der Waals surface area contributed by atoms with E-state index in [-0.39, 0.29) is 11.7 Å². The Bertz CT molecular complexity index is 415. The van der Waals surface area contributed by atoms with Gasteiger partial charge in [0.2, 0.25) is 0 Å². The normalized spacial score (nSPS) is 14.9. The molecule has 0 radical (unpaired) electrons. The number of hydrogen-bond donors (Lipinski definition) is 1. The van der Waals surface area contributed by atoms with Gasteiger partial charge in [-0.15, -0.1) is 0 Å². The molecule has 3 nitrogen and oxygen atoms in total. The lowest BCUT2D eigenvalue weighted by molar-refractivity contribution is 0.0752. The lowest BCUT2D eigenvalue weighted by Crippen LogP contribution is -2.32. The first-order valence-corrected chi connectivity index (χ1v) is 6.22. The van der Waals surface area contributed by atoms with Gasteiger partial charge in [-0.3, -0.25) is 4.79 Å². The van der Waals surface area contributed by atoms with Crippen LogP contribution in [0.3, 0.4) is 0 Å². The average Bonchev–Trinajstić information content (AvgIpc) is 3.07. The molecule has 1 amide bonds. The molecule has 86 valence electrons. The topological polar surface area (TPSA) is 40.5 Å². The van der Waals surface area contributed by atoms with Crippen LogP contribution in [0.1, 0.15) is 30.1 Å². The van der Waals surface area contributed by atoms with Crippen LogP contribution < -0.4 is 0 Å². The van der Waals surface area contributed by atoms with Crippen molar-refractivity contribution in [3.8, 4) is 5.75 Å². The highest BCUT2D eigenvalue weighted by atomic mass is 79.9. The Labute approximate surface area is 103 Å². The number of carbonyl (C=O) groups excluding carboxylic acids is 1. The van der Waals surface area contributed by atoms with Crippen LogP contribution in [0, 0.1) is 0 Å². The zero-order chi connectivity index (χ0) is 11.7. The molecule has 1 aliphatic carbocycles. The standard InChI is InChI=1S/C12H14BrNO2/c1-2-14(9-4-5-9)12(16)8-3-6-10(13)11(15)7-8/h3,6-7,9,15H,2,4-5H2,1H3. The van der Waals surface area contributed by atoms with E-state index in [1.165, 1.54) is 6.07 Å². The number of amides is 1. The molecule has 0 atom stereocenters. The van der Waals surface area contributed by atoms with Gasteiger partial charge in [-0.25, -0.2) is 0 Å². The number of carbonyl (C=O) groups is 1. The molecule has 0 bridgehead atoms. The maximum Gasteiger partial charge on any atom is 0.254 e. The van der Waals surface area contributed by atoms with Crippen molar-refractivity contribution in [2.24, 2.45) is 0 Å². The SMILES string of the molecule is CCN(C(=O)c1ccc(Br)c(O)c1)C1CC1. The van der Waals surface area contributed by atoms with Crippen LogP contribution in [-0.4, -0.2) is 28.5 Å². The predicted molar refractivity (Wildman–Crippen MR) is 65.5 cm³/mol. The summed E-state index contributed by atoms with van der Waals surface area (Å²) < 4.78 is 0.610. The van der Waals surface area contributed by atoms with E-state index in [4.69, 9.17) is 0 Å². The summed E-state index contributed by atoms with van der Waals surface area (Å²) in [6, 6.07) is 5.35. The second kappa shape index (κ2) is 4.45. The maximum atomic E-state index is 12.1. The van der Waals surface area contributed by atoms with Gasteiger partial charge in [0.25, 0.3) is 5.91 Å². The number of phenols is 1. The van der Waals surface area contributed by atoms with E-state index in [1.54, 1.807) is 12.1 Å². The van der Waals surface area contributed by atoms with Crippen molar-refractivity contribution < 1.29 is 9.90 Å². The predicted octanol–water partition coefficient (Wildman–Crippen LogP) is 2.78. The molecule has 0 aromatic heterocycles. The zero-order valence-corrected chi connectivity index (χ0v) is 10.7. The van der Waals surface area contributed by atoms with Crippen molar-refractivity contribution >= 4 is 21.8 Å². The minimum Gasteiger partial charge on any atom is -0.507 e. The van der Waals surface area contributed by atoms with Gasteiger partial charge in [-0.2, -0.15) is 0 Å². The zero-order valence-electron chi connectivity index (χ0n) is 9.11. The van der Waals surface area contributed by atoms with E-state index >= 15 is 0 Å². The van der Waals surface area contributed by atoms with Crippen molar-refractivity contribution in [3.05, 3.63) is 28.2 Å². The largest absolute Gasteiger partial charge is 0.507 e. The number of nitrogens with zero attached hydrogens (tertiary/aromatic N) is 1. The second-order valence-corrected chi connectivity index (χ2v) is 4.84. The number of aromatic hydroxyl groups is 1. The molecule has 0 spiro atoms. The molecule has 0 heterocycles. The minimum atomic E-state index is 0.00722. The fourth-order valence-electron chi connectivity index (χ4n) is 1.77. The maximum absolute atomic E-state index is 12.1. The molecule has 0 saturated heterocycles. The van der Waals surface area contributed by atoms with Crippen LogP contribution >= 0.6 is 15.9 Å². The number of rotatable bonds is 3. The molecule has 4 heteroatoms. The lowest BCUT2D eigenvalue weighted by atomic mass is 10.2. The van der Waals surface area contributed by atoms with E-state index < -0.39 is 0 Å². The van der Waals surface area contributed by atoms with Crippen molar-refractivity contribution in [3.63, 3.8) is 0 Å². The quantitative estimate of drug-likeness (QED) is 0.927. The smallest absolute Gasteiger partial charge is 0.254 e. The summed E-state index contributed by atoms with van der Waals surface area (Å²) in [7, 11) is 0. The Hall–Kier alpha value is -1.03. The molecule has 1 aromatic rings. The average molecular weight is 284 g/mol. The molecule has 1 saturated carbocycles. The van der Waals surface area contributed by atoms with Gasteiger partial charge in [0.15, 0.2) is 0 Å². The summed E-state index contributed by atoms with van der Waals surface area (Å²) in [6.45, 7) is 2.70. The van der Waals surface area contributed by atoms with Crippen LogP contribution in [0.2, 0.25) is 0 Å². The molecule has 0 unspecified atom stereocenters. The van der Waals surface area contributed by atoms with Gasteiger partial charge in [0.1, 0.15) is 5.75 Å². The Morgan fingerprint density at radius 2 is 2.25 bits per heavy atom. The van der Waals surface area contributed by atoms with Crippen LogP contribution in [-0.2, 0) is 0 Å². The summed E-state index contributed by atoms with van der Waals surface area (Å²) in [5.41, 5.74) is 0.550. The van der Waals surface area contributed by atoms with Gasteiger partial charge < -0.3 is 10.0 Å². The third kappa shape index (κ3) is 2.21. The minimum absolute atomic E-state index is 0.00722. The highest BCUT2D eigenvalue weighted by Gasteiger charge is 2.31. The van der Waals surface area contributed by atoms with E-state index in [1.807, 2.05) is 11.8 Å². The first-order valence-electron chi connectivity index (χ1n) is 5.43. The number of hydrogen-bond acceptors (Lipinski definition) is 2. The third-order valence-corrected chi connectivity index (χ3v) is 3.45. The van der Waals surface area contributed by atoms with Gasteiger partial charge >= 0.3 is 0 Å². The number of phenolic OH excluding ortho intramolecular Hbond substituents is 1. The van der Waals surface area contributed by atoms with E-state index in [9.17, 15) is 9.90 Å². The molecule has 1 aromatic carbocycles. The second-order valence-electron chi connectivity index (χ2n) is 3.99.